The van der Waals surface area contributed by atoms with Crippen LogP contribution < -0.4 is 0 Å². The Morgan fingerprint density at radius 2 is 2.21 bits per heavy atom. The van der Waals surface area contributed by atoms with E-state index in [2.05, 4.69) is 6.92 Å². The minimum atomic E-state index is -0.188. The largest absolute Gasteiger partial charge is 0.393 e. The number of unbranched alkanes of at least 4 members (excludes halogenated alkanes) is 1. The number of hydrogen-bond donors (Lipinski definition) is 1. The normalized spacial score (nSPS) is 29.5. The first-order valence-electron chi connectivity index (χ1n) is 5.82. The lowest BCUT2D eigenvalue weighted by Crippen LogP contribution is -2.12. The summed E-state index contributed by atoms with van der Waals surface area (Å²) in [6.07, 6.45) is 5.73. The quantitative estimate of drug-likeness (QED) is 0.689. The van der Waals surface area contributed by atoms with E-state index < -0.39 is 0 Å². The molecule has 0 bridgehead atoms. The lowest BCUT2D eigenvalue weighted by atomic mass is 9.91. The van der Waals surface area contributed by atoms with Gasteiger partial charge in [-0.25, -0.2) is 0 Å². The monoisotopic (exact) mass is 198 g/mol. The van der Waals surface area contributed by atoms with E-state index >= 15 is 0 Å². The molecule has 0 aromatic rings. The molecule has 1 saturated carbocycles. The van der Waals surface area contributed by atoms with Crippen LogP contribution in [0.2, 0.25) is 0 Å². The zero-order chi connectivity index (χ0) is 10.6. The Morgan fingerprint density at radius 1 is 1.50 bits per heavy atom. The van der Waals surface area contributed by atoms with Crippen LogP contribution >= 0.6 is 0 Å². The van der Waals surface area contributed by atoms with Gasteiger partial charge in [0.1, 0.15) is 5.78 Å². The van der Waals surface area contributed by atoms with Crippen LogP contribution in [0, 0.1) is 11.8 Å². The van der Waals surface area contributed by atoms with Gasteiger partial charge in [0.25, 0.3) is 0 Å². The van der Waals surface area contributed by atoms with Crippen LogP contribution in [0.25, 0.3) is 0 Å². The molecule has 0 amide bonds. The maximum absolute atomic E-state index is 11.5. The molecule has 14 heavy (non-hydrogen) atoms. The molecule has 0 radical (unpaired) electrons. The maximum Gasteiger partial charge on any atom is 0.136 e. The molecule has 3 unspecified atom stereocenters. The molecule has 1 fully saturated rings. The number of carbonyl (C=O) groups is 1. The second kappa shape index (κ2) is 5.50. The average molecular weight is 198 g/mol. The molecule has 1 aliphatic carbocycles. The second-order valence-electron chi connectivity index (χ2n) is 4.72. The van der Waals surface area contributed by atoms with E-state index in [0.717, 1.165) is 38.5 Å². The first-order valence-corrected chi connectivity index (χ1v) is 5.82. The molecule has 2 nitrogen and oxygen atoms in total. The Hall–Kier alpha value is -0.370. The Kier molecular flexibility index (Phi) is 4.59. The molecule has 0 heterocycles. The van der Waals surface area contributed by atoms with Crippen molar-refractivity contribution in [2.45, 2.75) is 58.5 Å². The molecule has 0 saturated heterocycles. The molecule has 0 spiro atoms. The summed E-state index contributed by atoms with van der Waals surface area (Å²) in [5.41, 5.74) is 0. The Labute approximate surface area is 86.7 Å². The summed E-state index contributed by atoms with van der Waals surface area (Å²) in [4.78, 5) is 11.5. The molecule has 82 valence electrons. The van der Waals surface area contributed by atoms with Crippen LogP contribution in [-0.4, -0.2) is 17.0 Å². The highest BCUT2D eigenvalue weighted by Gasteiger charge is 2.30. The van der Waals surface area contributed by atoms with E-state index in [1.165, 1.54) is 0 Å². The van der Waals surface area contributed by atoms with Gasteiger partial charge in [-0.1, -0.05) is 19.8 Å². The van der Waals surface area contributed by atoms with E-state index in [9.17, 15) is 4.79 Å². The molecule has 0 aliphatic heterocycles. The van der Waals surface area contributed by atoms with E-state index in [1.807, 2.05) is 6.92 Å². The van der Waals surface area contributed by atoms with Crippen molar-refractivity contribution >= 4 is 5.78 Å². The SMILES string of the molecule is CC(O)CCCCC1C(=O)CCC1C. The molecule has 1 aliphatic rings. The topological polar surface area (TPSA) is 37.3 Å². The van der Waals surface area contributed by atoms with Gasteiger partial charge in [0.15, 0.2) is 0 Å². The van der Waals surface area contributed by atoms with Crippen LogP contribution in [0.15, 0.2) is 0 Å². The van der Waals surface area contributed by atoms with Gasteiger partial charge < -0.3 is 5.11 Å². The third-order valence-corrected chi connectivity index (χ3v) is 3.33. The number of rotatable bonds is 5. The highest BCUT2D eigenvalue weighted by atomic mass is 16.3. The highest BCUT2D eigenvalue weighted by molar-refractivity contribution is 5.83. The number of aliphatic hydroxyl groups is 1. The zero-order valence-corrected chi connectivity index (χ0v) is 9.33. The molecule has 1 N–H and O–H groups in total. The number of carbonyl (C=O) groups excluding carboxylic acids is 1. The van der Waals surface area contributed by atoms with Crippen LogP contribution in [0.3, 0.4) is 0 Å². The van der Waals surface area contributed by atoms with Crippen LogP contribution in [0.1, 0.15) is 52.4 Å². The van der Waals surface area contributed by atoms with Crippen LogP contribution in [-0.2, 0) is 4.79 Å². The smallest absolute Gasteiger partial charge is 0.136 e. The fourth-order valence-electron chi connectivity index (χ4n) is 2.32. The number of hydrogen-bond acceptors (Lipinski definition) is 2. The van der Waals surface area contributed by atoms with Gasteiger partial charge in [-0.05, 0) is 32.1 Å². The van der Waals surface area contributed by atoms with E-state index in [-0.39, 0.29) is 6.10 Å². The molecule has 1 rings (SSSR count). The standard InChI is InChI=1S/C12H22O2/c1-9-7-8-12(14)11(9)6-4-3-5-10(2)13/h9-11,13H,3-8H2,1-2H3. The fourth-order valence-corrected chi connectivity index (χ4v) is 2.32. The van der Waals surface area contributed by atoms with Crippen molar-refractivity contribution in [1.29, 1.82) is 0 Å². The zero-order valence-electron chi connectivity index (χ0n) is 9.33. The van der Waals surface area contributed by atoms with Crippen molar-refractivity contribution in [3.05, 3.63) is 0 Å². The van der Waals surface area contributed by atoms with Gasteiger partial charge in [-0.2, -0.15) is 0 Å². The highest BCUT2D eigenvalue weighted by Crippen LogP contribution is 2.32. The summed E-state index contributed by atoms with van der Waals surface area (Å²) < 4.78 is 0. The molecule has 2 heteroatoms. The third kappa shape index (κ3) is 3.41. The first-order chi connectivity index (χ1) is 6.61. The summed E-state index contributed by atoms with van der Waals surface area (Å²) in [5, 5.41) is 9.08. The van der Waals surface area contributed by atoms with Crippen molar-refractivity contribution in [1.82, 2.24) is 0 Å². The number of aliphatic hydroxyl groups excluding tert-OH is 1. The summed E-state index contributed by atoms with van der Waals surface area (Å²) in [6, 6.07) is 0. The Bertz CT molecular complexity index is 187. The van der Waals surface area contributed by atoms with Crippen molar-refractivity contribution in [2.24, 2.45) is 11.8 Å². The summed E-state index contributed by atoms with van der Waals surface area (Å²) in [7, 11) is 0. The predicted octanol–water partition coefficient (Wildman–Crippen LogP) is 2.54. The van der Waals surface area contributed by atoms with Crippen LogP contribution in [0.5, 0.6) is 0 Å². The summed E-state index contributed by atoms with van der Waals surface area (Å²) in [6.45, 7) is 4.01. The van der Waals surface area contributed by atoms with Gasteiger partial charge in [-0.3, -0.25) is 4.79 Å². The van der Waals surface area contributed by atoms with Gasteiger partial charge >= 0.3 is 0 Å². The summed E-state index contributed by atoms with van der Waals surface area (Å²) >= 11 is 0. The fraction of sp³-hybridized carbons (Fsp3) is 0.917. The predicted molar refractivity (Wildman–Crippen MR) is 57.0 cm³/mol. The van der Waals surface area contributed by atoms with Gasteiger partial charge in [-0.15, -0.1) is 0 Å². The maximum atomic E-state index is 11.5. The molecule has 3 atom stereocenters. The molecular weight excluding hydrogens is 176 g/mol. The van der Waals surface area contributed by atoms with Crippen molar-refractivity contribution < 1.29 is 9.90 Å². The lowest BCUT2D eigenvalue weighted by molar-refractivity contribution is -0.121. The van der Waals surface area contributed by atoms with E-state index in [0.29, 0.717) is 17.6 Å². The van der Waals surface area contributed by atoms with Gasteiger partial charge in [0, 0.05) is 12.3 Å². The van der Waals surface area contributed by atoms with Gasteiger partial charge in [0.05, 0.1) is 6.10 Å². The summed E-state index contributed by atoms with van der Waals surface area (Å²) in [5.74, 6) is 1.38. The number of Topliss-reactive ketones (excluding diaryl/α,β-unsaturated/α-hetero) is 1. The number of ketones is 1. The molecular formula is C12H22O2. The first kappa shape index (κ1) is 11.7. The van der Waals surface area contributed by atoms with E-state index in [1.54, 1.807) is 0 Å². The minimum absolute atomic E-state index is 0.188. The molecule has 0 aromatic carbocycles. The van der Waals surface area contributed by atoms with E-state index in [4.69, 9.17) is 5.11 Å². The average Bonchev–Trinajstić information content (AvgIpc) is 2.42. The van der Waals surface area contributed by atoms with Crippen molar-refractivity contribution in [3.63, 3.8) is 0 Å². The van der Waals surface area contributed by atoms with Crippen molar-refractivity contribution in [3.8, 4) is 0 Å². The third-order valence-electron chi connectivity index (χ3n) is 3.33. The molecule has 0 aromatic heterocycles. The Morgan fingerprint density at radius 3 is 2.71 bits per heavy atom. The Balaban J connectivity index is 2.14. The lowest BCUT2D eigenvalue weighted by Gasteiger charge is -2.13. The second-order valence-corrected chi connectivity index (χ2v) is 4.72. The van der Waals surface area contributed by atoms with Crippen LogP contribution in [0.4, 0.5) is 0 Å². The minimum Gasteiger partial charge on any atom is -0.393 e. The van der Waals surface area contributed by atoms with Crippen molar-refractivity contribution in [2.75, 3.05) is 0 Å². The van der Waals surface area contributed by atoms with Gasteiger partial charge in [0.2, 0.25) is 0 Å².